The number of hydrogen-bond donors (Lipinski definition) is 2. The number of aliphatic carboxylic acids is 1. The summed E-state index contributed by atoms with van der Waals surface area (Å²) in [6.45, 7) is 2.99. The van der Waals surface area contributed by atoms with Gasteiger partial charge in [0.15, 0.2) is 0 Å². The molecule has 1 fully saturated rings. The van der Waals surface area contributed by atoms with Crippen LogP contribution in [0.15, 0.2) is 24.3 Å². The van der Waals surface area contributed by atoms with E-state index in [-0.39, 0.29) is 17.7 Å². The van der Waals surface area contributed by atoms with Gasteiger partial charge in [-0.05, 0) is 50.3 Å². The third-order valence-corrected chi connectivity index (χ3v) is 5.32. The Bertz CT molecular complexity index is 639. The number of amides is 2. The number of nitrogens with one attached hydrogen (secondary N) is 1. The van der Waals surface area contributed by atoms with Crippen LogP contribution in [0.25, 0.3) is 0 Å². The Labute approximate surface area is 158 Å². The lowest BCUT2D eigenvalue weighted by Crippen LogP contribution is -2.47. The molecular formula is C19H26N2O4S. The fourth-order valence-electron chi connectivity index (χ4n) is 3.01. The number of carboxylic acids is 1. The van der Waals surface area contributed by atoms with Crippen molar-refractivity contribution in [3.05, 3.63) is 35.4 Å². The van der Waals surface area contributed by atoms with Gasteiger partial charge in [0.1, 0.15) is 6.04 Å². The Morgan fingerprint density at radius 3 is 2.38 bits per heavy atom. The first-order chi connectivity index (χ1) is 12.4. The highest BCUT2D eigenvalue weighted by molar-refractivity contribution is 7.98. The highest BCUT2D eigenvalue weighted by Gasteiger charge is 2.30. The van der Waals surface area contributed by atoms with Gasteiger partial charge >= 0.3 is 5.97 Å². The van der Waals surface area contributed by atoms with E-state index in [0.29, 0.717) is 43.7 Å². The van der Waals surface area contributed by atoms with Crippen LogP contribution in [0, 0.1) is 12.8 Å². The second-order valence-electron chi connectivity index (χ2n) is 6.61. The molecule has 1 aromatic rings. The molecule has 1 aliphatic rings. The first-order valence-electron chi connectivity index (χ1n) is 8.80. The van der Waals surface area contributed by atoms with E-state index in [4.69, 9.17) is 0 Å². The Morgan fingerprint density at radius 1 is 1.23 bits per heavy atom. The normalized spacial score (nSPS) is 16.2. The smallest absolute Gasteiger partial charge is 0.326 e. The molecular weight excluding hydrogens is 352 g/mol. The van der Waals surface area contributed by atoms with Crippen molar-refractivity contribution in [3.8, 4) is 0 Å². The summed E-state index contributed by atoms with van der Waals surface area (Å²) >= 11 is 1.55. The maximum absolute atomic E-state index is 12.5. The second-order valence-corrected chi connectivity index (χ2v) is 7.60. The fraction of sp³-hybridized carbons (Fsp3) is 0.526. The summed E-state index contributed by atoms with van der Waals surface area (Å²) in [6.07, 6.45) is 3.42. The van der Waals surface area contributed by atoms with E-state index in [2.05, 4.69) is 5.32 Å². The monoisotopic (exact) mass is 378 g/mol. The standard InChI is InChI=1S/C19H26N2O4S/c1-13-3-5-15(6-4-13)18(23)21-10-7-14(8-11-21)17(22)20-16(19(24)25)9-12-26-2/h3-6,14,16H,7-12H2,1-2H3,(H,20,22)(H,24,25)/t16-/m0/s1. The van der Waals surface area contributed by atoms with Crippen molar-refractivity contribution in [1.82, 2.24) is 10.2 Å². The van der Waals surface area contributed by atoms with Crippen molar-refractivity contribution in [1.29, 1.82) is 0 Å². The lowest BCUT2D eigenvalue weighted by atomic mass is 9.95. The van der Waals surface area contributed by atoms with Crippen LogP contribution in [0.4, 0.5) is 0 Å². The molecule has 0 unspecified atom stereocenters. The Morgan fingerprint density at radius 2 is 1.85 bits per heavy atom. The average Bonchev–Trinajstić information content (AvgIpc) is 2.65. The summed E-state index contributed by atoms with van der Waals surface area (Å²) in [6, 6.07) is 6.61. The third kappa shape index (κ3) is 5.49. The minimum Gasteiger partial charge on any atom is -0.480 e. The molecule has 0 spiro atoms. The zero-order valence-electron chi connectivity index (χ0n) is 15.2. The molecule has 6 nitrogen and oxygen atoms in total. The molecule has 0 aliphatic carbocycles. The maximum Gasteiger partial charge on any atom is 0.326 e. The summed E-state index contributed by atoms with van der Waals surface area (Å²) in [4.78, 5) is 37.9. The Balaban J connectivity index is 1.86. The maximum atomic E-state index is 12.5. The fourth-order valence-corrected chi connectivity index (χ4v) is 3.48. The molecule has 2 N–H and O–H groups in total. The highest BCUT2D eigenvalue weighted by Crippen LogP contribution is 2.20. The van der Waals surface area contributed by atoms with E-state index in [9.17, 15) is 19.5 Å². The number of thioether (sulfide) groups is 1. The van der Waals surface area contributed by atoms with Gasteiger partial charge in [-0.3, -0.25) is 9.59 Å². The Hall–Kier alpha value is -2.02. The van der Waals surface area contributed by atoms with Crippen molar-refractivity contribution in [3.63, 3.8) is 0 Å². The second kappa shape index (κ2) is 9.62. The van der Waals surface area contributed by atoms with Crippen LogP contribution in [-0.2, 0) is 9.59 Å². The van der Waals surface area contributed by atoms with Crippen LogP contribution >= 0.6 is 11.8 Å². The summed E-state index contributed by atoms with van der Waals surface area (Å²) in [7, 11) is 0. The molecule has 0 radical (unpaired) electrons. The Kier molecular flexibility index (Phi) is 7.50. The lowest BCUT2D eigenvalue weighted by Gasteiger charge is -2.32. The van der Waals surface area contributed by atoms with Gasteiger partial charge in [0.05, 0.1) is 0 Å². The summed E-state index contributed by atoms with van der Waals surface area (Å²) in [5, 5.41) is 11.9. The van der Waals surface area contributed by atoms with Gasteiger partial charge in [0.25, 0.3) is 5.91 Å². The number of likely N-dealkylation sites (tertiary alicyclic amines) is 1. The van der Waals surface area contributed by atoms with Crippen LogP contribution in [0.3, 0.4) is 0 Å². The average molecular weight is 378 g/mol. The van der Waals surface area contributed by atoms with Gasteiger partial charge in [-0.15, -0.1) is 0 Å². The van der Waals surface area contributed by atoms with E-state index < -0.39 is 12.0 Å². The molecule has 0 bridgehead atoms. The van der Waals surface area contributed by atoms with Crippen LogP contribution in [0.5, 0.6) is 0 Å². The van der Waals surface area contributed by atoms with Crippen molar-refractivity contribution in [2.24, 2.45) is 5.92 Å². The molecule has 1 aromatic carbocycles. The minimum atomic E-state index is -1.00. The quantitative estimate of drug-likeness (QED) is 0.759. The van der Waals surface area contributed by atoms with Gasteiger partial charge in [-0.25, -0.2) is 4.79 Å². The van der Waals surface area contributed by atoms with E-state index in [1.807, 2.05) is 37.4 Å². The van der Waals surface area contributed by atoms with Gasteiger partial charge in [0.2, 0.25) is 5.91 Å². The number of benzene rings is 1. The zero-order chi connectivity index (χ0) is 19.1. The van der Waals surface area contributed by atoms with Crippen LogP contribution in [0.1, 0.15) is 35.2 Å². The first kappa shape index (κ1) is 20.3. The number of carboxylic acid groups (broad SMARTS) is 1. The molecule has 26 heavy (non-hydrogen) atoms. The zero-order valence-corrected chi connectivity index (χ0v) is 16.1. The molecule has 1 saturated heterocycles. The number of nitrogens with zero attached hydrogens (tertiary/aromatic N) is 1. The minimum absolute atomic E-state index is 0.0211. The SMILES string of the molecule is CSCC[C@H](NC(=O)C1CCN(C(=O)c2ccc(C)cc2)CC1)C(=O)O. The molecule has 2 amide bonds. The molecule has 2 rings (SSSR count). The third-order valence-electron chi connectivity index (χ3n) is 4.68. The van der Waals surface area contributed by atoms with Crippen LogP contribution < -0.4 is 5.32 Å². The number of carbonyl (C=O) groups is 3. The lowest BCUT2D eigenvalue weighted by molar-refractivity contribution is -0.142. The number of aryl methyl sites for hydroxylation is 1. The van der Waals surface area contributed by atoms with Crippen LogP contribution in [-0.4, -0.2) is 58.9 Å². The van der Waals surface area contributed by atoms with Crippen molar-refractivity contribution >= 4 is 29.5 Å². The molecule has 1 aliphatic heterocycles. The van der Waals surface area contributed by atoms with E-state index in [1.54, 1.807) is 16.7 Å². The molecule has 1 atom stereocenters. The van der Waals surface area contributed by atoms with Gasteiger partial charge < -0.3 is 15.3 Å². The molecule has 0 aromatic heterocycles. The van der Waals surface area contributed by atoms with Crippen molar-refractivity contribution in [2.45, 2.75) is 32.2 Å². The predicted octanol–water partition coefficient (Wildman–Crippen LogP) is 2.17. The van der Waals surface area contributed by atoms with E-state index in [0.717, 1.165) is 5.56 Å². The van der Waals surface area contributed by atoms with E-state index in [1.165, 1.54) is 0 Å². The number of rotatable bonds is 7. The molecule has 0 saturated carbocycles. The summed E-state index contributed by atoms with van der Waals surface area (Å²) < 4.78 is 0. The number of hydrogen-bond acceptors (Lipinski definition) is 4. The van der Waals surface area contributed by atoms with Crippen molar-refractivity contribution < 1.29 is 19.5 Å². The van der Waals surface area contributed by atoms with Crippen molar-refractivity contribution in [2.75, 3.05) is 25.1 Å². The number of carbonyl (C=O) groups excluding carboxylic acids is 2. The highest BCUT2D eigenvalue weighted by atomic mass is 32.2. The predicted molar refractivity (Wildman–Crippen MR) is 102 cm³/mol. The summed E-state index contributed by atoms with van der Waals surface area (Å²) in [5.74, 6) is -0.804. The van der Waals surface area contributed by atoms with Gasteiger partial charge in [-0.1, -0.05) is 17.7 Å². The number of piperidine rings is 1. The largest absolute Gasteiger partial charge is 0.480 e. The molecule has 142 valence electrons. The first-order valence-corrected chi connectivity index (χ1v) is 10.2. The van der Waals surface area contributed by atoms with Gasteiger partial charge in [0, 0.05) is 24.6 Å². The van der Waals surface area contributed by atoms with Crippen LogP contribution in [0.2, 0.25) is 0 Å². The van der Waals surface area contributed by atoms with E-state index >= 15 is 0 Å². The summed E-state index contributed by atoms with van der Waals surface area (Å²) in [5.41, 5.74) is 1.76. The molecule has 1 heterocycles. The topological polar surface area (TPSA) is 86.7 Å². The van der Waals surface area contributed by atoms with Gasteiger partial charge in [-0.2, -0.15) is 11.8 Å². The molecule has 7 heteroatoms.